The van der Waals surface area contributed by atoms with Crippen LogP contribution in [0.3, 0.4) is 0 Å². The van der Waals surface area contributed by atoms with Crippen molar-refractivity contribution in [2.45, 2.75) is 43.9 Å². The largest absolute Gasteiger partial charge is 0.416 e. The number of pyridine rings is 1. The van der Waals surface area contributed by atoms with Crippen LogP contribution < -0.4 is 11.1 Å². The number of benzene rings is 2. The molecule has 1 atom stereocenters. The van der Waals surface area contributed by atoms with Gasteiger partial charge in [0.2, 0.25) is 0 Å². The molecule has 1 fully saturated rings. The summed E-state index contributed by atoms with van der Waals surface area (Å²) < 4.78 is 38.7. The Balaban J connectivity index is 1.35. The lowest BCUT2D eigenvalue weighted by molar-refractivity contribution is -0.137. The molecule has 0 bridgehead atoms. The molecule has 1 saturated carbocycles. The summed E-state index contributed by atoms with van der Waals surface area (Å²) in [5, 5.41) is 3.94. The molecule has 1 aromatic heterocycles. The average molecular weight is 427 g/mol. The van der Waals surface area contributed by atoms with E-state index in [4.69, 9.17) is 5.73 Å². The molecule has 162 valence electrons. The zero-order chi connectivity index (χ0) is 22.0. The highest BCUT2D eigenvalue weighted by molar-refractivity contribution is 5.94. The van der Waals surface area contributed by atoms with Gasteiger partial charge in [0.15, 0.2) is 0 Å². The van der Waals surface area contributed by atoms with E-state index in [9.17, 15) is 18.0 Å². The Labute approximate surface area is 178 Å². The first-order chi connectivity index (χ1) is 14.8. The van der Waals surface area contributed by atoms with Crippen LogP contribution in [0.2, 0.25) is 0 Å². The van der Waals surface area contributed by atoms with E-state index in [-0.39, 0.29) is 23.6 Å². The van der Waals surface area contributed by atoms with E-state index in [1.165, 1.54) is 12.1 Å². The van der Waals surface area contributed by atoms with Crippen molar-refractivity contribution < 1.29 is 18.0 Å². The highest BCUT2D eigenvalue weighted by Gasteiger charge is 2.31. The number of carbonyl (C=O) groups excluding carboxylic acids is 1. The van der Waals surface area contributed by atoms with Crippen LogP contribution in [0.4, 0.5) is 13.2 Å². The number of nitrogens with zero attached hydrogens (tertiary/aromatic N) is 1. The molecule has 1 aliphatic carbocycles. The minimum absolute atomic E-state index is 0.0263. The van der Waals surface area contributed by atoms with Crippen molar-refractivity contribution in [3.63, 3.8) is 0 Å². The van der Waals surface area contributed by atoms with Gasteiger partial charge in [-0.05, 0) is 73.6 Å². The molecule has 1 unspecified atom stereocenters. The van der Waals surface area contributed by atoms with E-state index >= 15 is 0 Å². The van der Waals surface area contributed by atoms with Crippen LogP contribution in [-0.4, -0.2) is 16.9 Å². The predicted octanol–water partition coefficient (Wildman–Crippen LogP) is 5.24. The number of nitrogens with two attached hydrogens (primary N) is 1. The van der Waals surface area contributed by atoms with Crippen molar-refractivity contribution in [1.82, 2.24) is 10.3 Å². The van der Waals surface area contributed by atoms with Crippen molar-refractivity contribution in [3.05, 3.63) is 77.5 Å². The number of rotatable bonds is 4. The summed E-state index contributed by atoms with van der Waals surface area (Å²) in [7, 11) is 0. The lowest BCUT2D eigenvalue weighted by Gasteiger charge is -2.33. The van der Waals surface area contributed by atoms with Crippen LogP contribution in [-0.2, 0) is 6.18 Å². The zero-order valence-corrected chi connectivity index (χ0v) is 16.9. The number of aromatic nitrogens is 1. The fourth-order valence-corrected chi connectivity index (χ4v) is 4.30. The fourth-order valence-electron chi connectivity index (χ4n) is 4.30. The van der Waals surface area contributed by atoms with Crippen LogP contribution in [0.1, 0.15) is 53.2 Å². The minimum Gasteiger partial charge on any atom is -0.349 e. The SMILES string of the molecule is NC(c1ccc2ncccc2c1)C1CCC(NC(=O)c2cccc(C(F)(F)F)c2)CC1. The number of fused-ring (bicyclic) bond motifs is 1. The minimum atomic E-state index is -4.47. The monoisotopic (exact) mass is 427 g/mol. The maximum absolute atomic E-state index is 12.9. The molecule has 1 heterocycles. The molecular formula is C24H24F3N3O. The summed E-state index contributed by atoms with van der Waals surface area (Å²) in [4.78, 5) is 16.8. The molecule has 4 rings (SSSR count). The topological polar surface area (TPSA) is 68.0 Å². The maximum Gasteiger partial charge on any atom is 0.416 e. The van der Waals surface area contributed by atoms with Gasteiger partial charge in [0.25, 0.3) is 5.91 Å². The van der Waals surface area contributed by atoms with Crippen molar-refractivity contribution in [3.8, 4) is 0 Å². The molecule has 0 aliphatic heterocycles. The molecule has 4 nitrogen and oxygen atoms in total. The van der Waals surface area contributed by atoms with E-state index in [2.05, 4.69) is 16.4 Å². The van der Waals surface area contributed by atoms with Gasteiger partial charge in [-0.1, -0.05) is 18.2 Å². The summed E-state index contributed by atoms with van der Waals surface area (Å²) in [6.07, 6.45) is 0.482. The van der Waals surface area contributed by atoms with Crippen molar-refractivity contribution in [2.75, 3.05) is 0 Å². The van der Waals surface area contributed by atoms with Crippen molar-refractivity contribution >= 4 is 16.8 Å². The lowest BCUT2D eigenvalue weighted by atomic mass is 9.79. The molecule has 0 radical (unpaired) electrons. The number of alkyl halides is 3. The lowest BCUT2D eigenvalue weighted by Crippen LogP contribution is -2.39. The number of halogens is 3. The zero-order valence-electron chi connectivity index (χ0n) is 16.9. The van der Waals surface area contributed by atoms with Gasteiger partial charge in [0, 0.05) is 29.2 Å². The van der Waals surface area contributed by atoms with Crippen LogP contribution >= 0.6 is 0 Å². The van der Waals surface area contributed by atoms with Gasteiger partial charge in [-0.25, -0.2) is 0 Å². The number of amides is 1. The quantitative estimate of drug-likeness (QED) is 0.598. The van der Waals surface area contributed by atoms with Crippen molar-refractivity contribution in [1.29, 1.82) is 0 Å². The first-order valence-corrected chi connectivity index (χ1v) is 10.4. The standard InChI is InChI=1S/C24H24F3N3O/c25-24(26,27)19-5-1-3-18(14-19)23(31)30-20-9-6-15(7-10-20)22(28)17-8-11-21-16(13-17)4-2-12-29-21/h1-5,8,11-15,20,22H,6-7,9-10,28H2,(H,30,31). The third-order valence-electron chi connectivity index (χ3n) is 6.08. The van der Waals surface area contributed by atoms with E-state index in [1.54, 1.807) is 6.20 Å². The molecule has 2 aromatic carbocycles. The molecule has 1 aliphatic rings. The first-order valence-electron chi connectivity index (χ1n) is 10.4. The summed E-state index contributed by atoms with van der Waals surface area (Å²) in [5.41, 5.74) is 7.75. The number of carbonyl (C=O) groups is 1. The Morgan fingerprint density at radius 2 is 1.81 bits per heavy atom. The van der Waals surface area contributed by atoms with Gasteiger partial charge in [-0.3, -0.25) is 9.78 Å². The van der Waals surface area contributed by atoms with Gasteiger partial charge in [-0.2, -0.15) is 13.2 Å². The van der Waals surface area contributed by atoms with E-state index in [0.29, 0.717) is 0 Å². The predicted molar refractivity (Wildman–Crippen MR) is 113 cm³/mol. The molecule has 31 heavy (non-hydrogen) atoms. The fraction of sp³-hybridized carbons (Fsp3) is 0.333. The summed E-state index contributed by atoms with van der Waals surface area (Å²) in [6.45, 7) is 0. The third-order valence-corrected chi connectivity index (χ3v) is 6.08. The second-order valence-electron chi connectivity index (χ2n) is 8.15. The molecule has 7 heteroatoms. The molecule has 0 spiro atoms. The van der Waals surface area contributed by atoms with Gasteiger partial charge in [0.1, 0.15) is 0 Å². The Bertz CT molecular complexity index is 1070. The molecule has 1 amide bonds. The number of hydrogen-bond donors (Lipinski definition) is 2. The summed E-state index contributed by atoms with van der Waals surface area (Å²) in [5.74, 6) is -0.184. The van der Waals surface area contributed by atoms with Crippen LogP contribution in [0.15, 0.2) is 60.8 Å². The van der Waals surface area contributed by atoms with E-state index < -0.39 is 17.6 Å². The molecule has 3 aromatic rings. The molecule has 0 saturated heterocycles. The first kappa shape index (κ1) is 21.3. The third kappa shape index (κ3) is 4.88. The Morgan fingerprint density at radius 3 is 2.55 bits per heavy atom. The second kappa shape index (κ2) is 8.67. The summed E-state index contributed by atoms with van der Waals surface area (Å²) >= 11 is 0. The van der Waals surface area contributed by atoms with Gasteiger partial charge >= 0.3 is 6.18 Å². The van der Waals surface area contributed by atoms with Gasteiger partial charge in [-0.15, -0.1) is 0 Å². The number of hydrogen-bond acceptors (Lipinski definition) is 3. The van der Waals surface area contributed by atoms with Crippen molar-refractivity contribution in [2.24, 2.45) is 11.7 Å². The van der Waals surface area contributed by atoms with Gasteiger partial charge < -0.3 is 11.1 Å². The van der Waals surface area contributed by atoms with E-state index in [0.717, 1.165) is 54.3 Å². The average Bonchev–Trinajstić information content (AvgIpc) is 2.78. The van der Waals surface area contributed by atoms with E-state index in [1.807, 2.05) is 24.3 Å². The highest BCUT2D eigenvalue weighted by Crippen LogP contribution is 2.34. The molecule has 3 N–H and O–H groups in total. The van der Waals surface area contributed by atoms with Crippen LogP contribution in [0.5, 0.6) is 0 Å². The normalized spacial score (nSPS) is 20.4. The second-order valence-corrected chi connectivity index (χ2v) is 8.15. The maximum atomic E-state index is 12.9. The Kier molecular flexibility index (Phi) is 5.96. The van der Waals surface area contributed by atoms with Crippen LogP contribution in [0, 0.1) is 5.92 Å². The smallest absolute Gasteiger partial charge is 0.349 e. The Morgan fingerprint density at radius 1 is 1.03 bits per heavy atom. The molecular weight excluding hydrogens is 403 g/mol. The number of nitrogens with one attached hydrogen (secondary N) is 1. The van der Waals surface area contributed by atoms with Crippen LogP contribution in [0.25, 0.3) is 10.9 Å². The Hall–Kier alpha value is -2.93. The summed E-state index contributed by atoms with van der Waals surface area (Å²) in [6, 6.07) is 14.3. The highest BCUT2D eigenvalue weighted by atomic mass is 19.4. The van der Waals surface area contributed by atoms with Gasteiger partial charge in [0.05, 0.1) is 11.1 Å².